The Labute approximate surface area is 104 Å². The average Bonchev–Trinajstić information content (AvgIpc) is 2.96. The van der Waals surface area contributed by atoms with Crippen LogP contribution in [-0.2, 0) is 4.74 Å². The standard InChI is InChI=1S/C16H22O/c1-12-13-6-5-10-16(13)11-7-14(17-16)15(12)8-3-2-4-9-15/h7,11,13-14H,1-6,8-10H2/t13-,14+,16+/m0/s1. The summed E-state index contributed by atoms with van der Waals surface area (Å²) in [6.45, 7) is 4.55. The second kappa shape index (κ2) is 3.26. The first-order valence-corrected chi connectivity index (χ1v) is 7.33. The molecule has 4 rings (SSSR count). The quantitative estimate of drug-likeness (QED) is 0.571. The molecule has 92 valence electrons. The van der Waals surface area contributed by atoms with Gasteiger partial charge in [0.25, 0.3) is 0 Å². The molecule has 2 saturated carbocycles. The Morgan fingerprint density at radius 1 is 1.12 bits per heavy atom. The molecule has 0 radical (unpaired) electrons. The molecule has 3 fully saturated rings. The monoisotopic (exact) mass is 230 g/mol. The minimum absolute atomic E-state index is 0.0739. The second-order valence-corrected chi connectivity index (χ2v) is 6.54. The molecule has 0 aromatic rings. The average molecular weight is 230 g/mol. The van der Waals surface area contributed by atoms with E-state index in [4.69, 9.17) is 4.74 Å². The van der Waals surface area contributed by atoms with Crippen LogP contribution in [0.3, 0.4) is 0 Å². The van der Waals surface area contributed by atoms with Gasteiger partial charge >= 0.3 is 0 Å². The van der Waals surface area contributed by atoms with Crippen LogP contribution in [0.5, 0.6) is 0 Å². The molecule has 2 heterocycles. The van der Waals surface area contributed by atoms with E-state index in [1.54, 1.807) is 5.57 Å². The molecule has 3 atom stereocenters. The van der Waals surface area contributed by atoms with E-state index in [0.717, 1.165) is 0 Å². The summed E-state index contributed by atoms with van der Waals surface area (Å²) >= 11 is 0. The normalized spacial score (nSPS) is 46.5. The van der Waals surface area contributed by atoms with E-state index in [0.29, 0.717) is 17.4 Å². The van der Waals surface area contributed by atoms with Crippen molar-refractivity contribution in [3.8, 4) is 0 Å². The zero-order chi connectivity index (χ0) is 11.5. The number of rotatable bonds is 0. The highest BCUT2D eigenvalue weighted by atomic mass is 16.5. The van der Waals surface area contributed by atoms with Gasteiger partial charge in [0.15, 0.2) is 0 Å². The summed E-state index contributed by atoms with van der Waals surface area (Å²) in [6, 6.07) is 0. The van der Waals surface area contributed by atoms with Gasteiger partial charge in [-0.3, -0.25) is 0 Å². The van der Waals surface area contributed by atoms with Gasteiger partial charge in [-0.05, 0) is 32.1 Å². The molecule has 0 N–H and O–H groups in total. The molecular weight excluding hydrogens is 208 g/mol. The van der Waals surface area contributed by atoms with Crippen LogP contribution in [0.1, 0.15) is 51.4 Å². The maximum atomic E-state index is 6.50. The first-order chi connectivity index (χ1) is 8.27. The predicted octanol–water partition coefficient (Wildman–Crippen LogP) is 4.00. The van der Waals surface area contributed by atoms with Crippen molar-refractivity contribution in [1.82, 2.24) is 0 Å². The molecule has 4 aliphatic rings. The number of hydrogen-bond acceptors (Lipinski definition) is 1. The summed E-state index contributed by atoms with van der Waals surface area (Å²) in [5.74, 6) is 0.621. The molecule has 0 unspecified atom stereocenters. The van der Waals surface area contributed by atoms with Crippen LogP contribution in [0, 0.1) is 11.3 Å². The van der Waals surface area contributed by atoms with Crippen LogP contribution < -0.4 is 0 Å². The van der Waals surface area contributed by atoms with E-state index < -0.39 is 0 Å². The minimum atomic E-state index is 0.0739. The first-order valence-electron chi connectivity index (χ1n) is 7.33. The van der Waals surface area contributed by atoms with E-state index in [-0.39, 0.29) is 5.60 Å². The minimum Gasteiger partial charge on any atom is -0.362 e. The molecule has 1 saturated heterocycles. The van der Waals surface area contributed by atoms with E-state index >= 15 is 0 Å². The molecule has 0 aromatic carbocycles. The van der Waals surface area contributed by atoms with Crippen LogP contribution in [-0.4, -0.2) is 11.7 Å². The van der Waals surface area contributed by atoms with Crippen molar-refractivity contribution in [1.29, 1.82) is 0 Å². The van der Waals surface area contributed by atoms with Crippen LogP contribution in [0.25, 0.3) is 0 Å². The summed E-state index contributed by atoms with van der Waals surface area (Å²) in [5, 5.41) is 0. The van der Waals surface area contributed by atoms with Crippen LogP contribution in [0.2, 0.25) is 0 Å². The Kier molecular flexibility index (Phi) is 1.99. The summed E-state index contributed by atoms with van der Waals surface area (Å²) < 4.78 is 6.50. The molecule has 2 spiro atoms. The molecular formula is C16H22O. The van der Waals surface area contributed by atoms with Crippen LogP contribution in [0.15, 0.2) is 24.3 Å². The van der Waals surface area contributed by atoms with Gasteiger partial charge in [0, 0.05) is 11.3 Å². The van der Waals surface area contributed by atoms with Crippen molar-refractivity contribution < 1.29 is 4.74 Å². The van der Waals surface area contributed by atoms with Crippen molar-refractivity contribution in [2.45, 2.75) is 63.1 Å². The molecule has 2 bridgehead atoms. The third-order valence-corrected chi connectivity index (χ3v) is 5.90. The molecule has 1 heteroatoms. The van der Waals surface area contributed by atoms with E-state index in [1.165, 1.54) is 51.4 Å². The topological polar surface area (TPSA) is 9.23 Å². The van der Waals surface area contributed by atoms with Crippen molar-refractivity contribution in [2.24, 2.45) is 11.3 Å². The van der Waals surface area contributed by atoms with Gasteiger partial charge in [-0.2, -0.15) is 0 Å². The molecule has 2 aliphatic heterocycles. The Morgan fingerprint density at radius 3 is 2.76 bits per heavy atom. The fraction of sp³-hybridized carbons (Fsp3) is 0.750. The first kappa shape index (κ1) is 10.4. The summed E-state index contributed by atoms with van der Waals surface area (Å²) in [7, 11) is 0. The zero-order valence-corrected chi connectivity index (χ0v) is 10.6. The second-order valence-electron chi connectivity index (χ2n) is 6.54. The highest BCUT2D eigenvalue weighted by Crippen LogP contribution is 2.62. The zero-order valence-electron chi connectivity index (χ0n) is 10.6. The summed E-state index contributed by atoms with van der Waals surface area (Å²) in [4.78, 5) is 0. The largest absolute Gasteiger partial charge is 0.362 e. The van der Waals surface area contributed by atoms with E-state index in [9.17, 15) is 0 Å². The Hall–Kier alpha value is -0.560. The highest BCUT2D eigenvalue weighted by Gasteiger charge is 2.60. The van der Waals surface area contributed by atoms with Crippen LogP contribution in [0.4, 0.5) is 0 Å². The van der Waals surface area contributed by atoms with Crippen molar-refractivity contribution in [3.63, 3.8) is 0 Å². The molecule has 0 aromatic heterocycles. The Balaban J connectivity index is 1.78. The molecule has 2 aliphatic carbocycles. The van der Waals surface area contributed by atoms with Gasteiger partial charge in [0.2, 0.25) is 0 Å². The smallest absolute Gasteiger partial charge is 0.0936 e. The van der Waals surface area contributed by atoms with Gasteiger partial charge in [-0.25, -0.2) is 0 Å². The van der Waals surface area contributed by atoms with Gasteiger partial charge < -0.3 is 4.74 Å². The fourth-order valence-electron chi connectivity index (χ4n) is 4.99. The predicted molar refractivity (Wildman–Crippen MR) is 68.7 cm³/mol. The maximum absolute atomic E-state index is 6.50. The van der Waals surface area contributed by atoms with E-state index in [2.05, 4.69) is 18.7 Å². The van der Waals surface area contributed by atoms with Crippen molar-refractivity contribution in [3.05, 3.63) is 24.3 Å². The van der Waals surface area contributed by atoms with Crippen LogP contribution >= 0.6 is 0 Å². The third kappa shape index (κ3) is 1.14. The lowest BCUT2D eigenvalue weighted by Crippen LogP contribution is -2.51. The molecule has 0 amide bonds. The Morgan fingerprint density at radius 2 is 1.94 bits per heavy atom. The number of ether oxygens (including phenoxy) is 1. The lowest BCUT2D eigenvalue weighted by Gasteiger charge is -2.52. The Bertz CT molecular complexity index is 388. The highest BCUT2D eigenvalue weighted by molar-refractivity contribution is 5.36. The lowest BCUT2D eigenvalue weighted by molar-refractivity contribution is -0.127. The van der Waals surface area contributed by atoms with Gasteiger partial charge in [0.1, 0.15) is 0 Å². The SMILES string of the molecule is C=C1[C@@H]2CCC[C@@]23C=C[C@@H](O3)C12CCCCC2. The molecule has 17 heavy (non-hydrogen) atoms. The summed E-state index contributed by atoms with van der Waals surface area (Å²) in [6.07, 6.45) is 15.7. The van der Waals surface area contributed by atoms with Gasteiger partial charge in [0.05, 0.1) is 11.7 Å². The van der Waals surface area contributed by atoms with E-state index in [1.807, 2.05) is 0 Å². The van der Waals surface area contributed by atoms with Gasteiger partial charge in [-0.15, -0.1) is 0 Å². The van der Waals surface area contributed by atoms with Crippen molar-refractivity contribution in [2.75, 3.05) is 0 Å². The maximum Gasteiger partial charge on any atom is 0.0936 e. The molecule has 1 nitrogen and oxygen atoms in total. The van der Waals surface area contributed by atoms with Gasteiger partial charge in [-0.1, -0.05) is 43.6 Å². The summed E-state index contributed by atoms with van der Waals surface area (Å²) in [5.41, 5.74) is 1.93. The fourth-order valence-corrected chi connectivity index (χ4v) is 4.99. The third-order valence-electron chi connectivity index (χ3n) is 5.90. The lowest BCUT2D eigenvalue weighted by atomic mass is 9.61. The number of fused-ring (bicyclic) bond motifs is 2. The van der Waals surface area contributed by atoms with Crippen molar-refractivity contribution >= 4 is 0 Å². The number of hydrogen-bond donors (Lipinski definition) is 0.